The lowest BCUT2D eigenvalue weighted by Crippen LogP contribution is -2.54. The van der Waals surface area contributed by atoms with Crippen molar-refractivity contribution in [3.05, 3.63) is 76.6 Å². The van der Waals surface area contributed by atoms with Gasteiger partial charge in [-0.3, -0.25) is 14.3 Å². The first-order valence-corrected chi connectivity index (χ1v) is 10.9. The Labute approximate surface area is 192 Å². The fraction of sp³-hybridized carbons (Fsp3) is 0.269. The Morgan fingerprint density at radius 1 is 1.21 bits per heavy atom. The van der Waals surface area contributed by atoms with E-state index in [2.05, 4.69) is 30.1 Å². The van der Waals surface area contributed by atoms with Gasteiger partial charge in [0.15, 0.2) is 5.69 Å². The molecule has 0 bridgehead atoms. The monoisotopic (exact) mass is 440 g/mol. The molecule has 0 aliphatic carbocycles. The molecule has 0 fully saturated rings. The molecule has 0 radical (unpaired) electrons. The second kappa shape index (κ2) is 8.14. The molecule has 3 heterocycles. The van der Waals surface area contributed by atoms with Crippen LogP contribution in [0.25, 0.3) is 0 Å². The third-order valence-corrected chi connectivity index (χ3v) is 6.39. The van der Waals surface area contributed by atoms with Crippen LogP contribution in [-0.4, -0.2) is 52.7 Å². The number of aromatic nitrogens is 2. The van der Waals surface area contributed by atoms with Gasteiger partial charge in [0.2, 0.25) is 0 Å². The first kappa shape index (κ1) is 20.8. The number of hydrogen-bond donors (Lipinski definition) is 0. The fourth-order valence-electron chi connectivity index (χ4n) is 4.45. The maximum Gasteiger partial charge on any atom is 0.275 e. The molecule has 7 heteroatoms. The van der Waals surface area contributed by atoms with Gasteiger partial charge in [-0.15, -0.1) is 6.42 Å². The summed E-state index contributed by atoms with van der Waals surface area (Å²) in [5.41, 5.74) is 4.94. The van der Waals surface area contributed by atoms with Crippen LogP contribution in [0.15, 0.2) is 48.7 Å². The highest BCUT2D eigenvalue weighted by Crippen LogP contribution is 2.33. The molecule has 2 aliphatic rings. The second-order valence-corrected chi connectivity index (χ2v) is 8.43. The van der Waals surface area contributed by atoms with E-state index in [1.54, 1.807) is 30.1 Å². The van der Waals surface area contributed by atoms with E-state index in [1.807, 2.05) is 23.0 Å². The quantitative estimate of drug-likeness (QED) is 0.588. The van der Waals surface area contributed by atoms with E-state index in [0.717, 1.165) is 11.1 Å². The molecule has 33 heavy (non-hydrogen) atoms. The van der Waals surface area contributed by atoms with Gasteiger partial charge in [0.05, 0.1) is 12.2 Å². The van der Waals surface area contributed by atoms with Crippen molar-refractivity contribution in [3.8, 4) is 18.1 Å². The Morgan fingerprint density at radius 2 is 2.03 bits per heavy atom. The summed E-state index contributed by atoms with van der Waals surface area (Å²) in [6.45, 7) is 3.15. The number of hydrogen-bond acceptors (Lipinski definition) is 4. The van der Waals surface area contributed by atoms with Gasteiger partial charge in [-0.1, -0.05) is 30.2 Å². The van der Waals surface area contributed by atoms with Crippen molar-refractivity contribution >= 4 is 17.5 Å². The predicted molar refractivity (Wildman–Crippen MR) is 124 cm³/mol. The maximum atomic E-state index is 13.4. The number of amides is 2. The molecule has 166 valence electrons. The molecule has 2 aliphatic heterocycles. The lowest BCUT2D eigenvalue weighted by Gasteiger charge is -2.33. The molecule has 0 saturated carbocycles. The van der Waals surface area contributed by atoms with Crippen LogP contribution < -0.4 is 9.64 Å². The summed E-state index contributed by atoms with van der Waals surface area (Å²) in [5.74, 6) is 2.68. The Kier molecular flexibility index (Phi) is 5.14. The highest BCUT2D eigenvalue weighted by atomic mass is 16.5. The van der Waals surface area contributed by atoms with Crippen molar-refractivity contribution in [2.45, 2.75) is 25.9 Å². The number of anilines is 1. The molecule has 5 rings (SSSR count). The van der Waals surface area contributed by atoms with Crippen molar-refractivity contribution in [1.82, 2.24) is 14.7 Å². The van der Waals surface area contributed by atoms with Crippen molar-refractivity contribution in [2.24, 2.45) is 0 Å². The average molecular weight is 441 g/mol. The summed E-state index contributed by atoms with van der Waals surface area (Å²) >= 11 is 0. The average Bonchev–Trinajstić information content (AvgIpc) is 3.19. The van der Waals surface area contributed by atoms with E-state index in [9.17, 15) is 9.59 Å². The van der Waals surface area contributed by atoms with Crippen LogP contribution in [0.4, 0.5) is 5.69 Å². The fourth-order valence-corrected chi connectivity index (χ4v) is 4.45. The van der Waals surface area contributed by atoms with Crippen LogP contribution in [0.2, 0.25) is 0 Å². The standard InChI is InChI=1S/C26H24N4O3/c1-4-18-9-10-21-23(13-18)33-16-22(25(31)28(21)3)30-12-11-20-15-29(27-24(20)26(30)32)14-19-8-6-5-7-17(19)2/h1,5-10,13,15,22H,11-12,14,16H2,2-3H3/t22-/m0/s1. The molecular weight excluding hydrogens is 416 g/mol. The SMILES string of the molecule is C#Cc1ccc2c(c1)OC[C@H](N1CCc3cn(Cc4ccccc4C)nc3C1=O)C(=O)N2C. The van der Waals surface area contributed by atoms with E-state index in [1.165, 1.54) is 10.5 Å². The van der Waals surface area contributed by atoms with E-state index >= 15 is 0 Å². The van der Waals surface area contributed by atoms with E-state index in [-0.39, 0.29) is 18.4 Å². The Hall–Kier alpha value is -4.05. The molecule has 0 spiro atoms. The van der Waals surface area contributed by atoms with Crippen LogP contribution in [-0.2, 0) is 17.8 Å². The van der Waals surface area contributed by atoms with Gasteiger partial charge in [-0.05, 0) is 42.7 Å². The second-order valence-electron chi connectivity index (χ2n) is 8.43. The third kappa shape index (κ3) is 3.64. The normalized spacial score (nSPS) is 17.7. The maximum absolute atomic E-state index is 13.4. The number of benzene rings is 2. The summed E-state index contributed by atoms with van der Waals surface area (Å²) < 4.78 is 7.76. The summed E-state index contributed by atoms with van der Waals surface area (Å²) in [5, 5.41) is 4.58. The number of terminal acetylenes is 1. The number of aryl methyl sites for hydroxylation is 1. The highest BCUT2D eigenvalue weighted by Gasteiger charge is 2.39. The lowest BCUT2D eigenvalue weighted by atomic mass is 10.0. The van der Waals surface area contributed by atoms with E-state index in [4.69, 9.17) is 11.2 Å². The summed E-state index contributed by atoms with van der Waals surface area (Å²) in [7, 11) is 1.69. The summed E-state index contributed by atoms with van der Waals surface area (Å²) in [4.78, 5) is 29.8. The minimum Gasteiger partial charge on any atom is -0.489 e. The zero-order chi connectivity index (χ0) is 23.1. The van der Waals surface area contributed by atoms with Crippen LogP contribution in [0, 0.1) is 19.3 Å². The molecule has 0 saturated heterocycles. The molecule has 7 nitrogen and oxygen atoms in total. The lowest BCUT2D eigenvalue weighted by molar-refractivity contribution is -0.123. The minimum absolute atomic E-state index is 0.0647. The minimum atomic E-state index is -0.737. The highest BCUT2D eigenvalue weighted by molar-refractivity contribution is 6.03. The van der Waals surface area contributed by atoms with Gasteiger partial charge in [-0.25, -0.2) is 0 Å². The first-order valence-electron chi connectivity index (χ1n) is 10.9. The molecular formula is C26H24N4O3. The number of carbonyl (C=O) groups is 2. The zero-order valence-electron chi connectivity index (χ0n) is 18.6. The molecule has 2 aromatic carbocycles. The van der Waals surface area contributed by atoms with E-state index < -0.39 is 6.04 Å². The molecule has 3 aromatic rings. The Morgan fingerprint density at radius 3 is 2.82 bits per heavy atom. The number of rotatable bonds is 3. The number of ether oxygens (including phenoxy) is 1. The van der Waals surface area contributed by atoms with Crippen LogP contribution in [0.5, 0.6) is 5.75 Å². The van der Waals surface area contributed by atoms with Gasteiger partial charge in [0.25, 0.3) is 11.8 Å². The van der Waals surface area contributed by atoms with Gasteiger partial charge < -0.3 is 14.5 Å². The molecule has 1 atom stereocenters. The topological polar surface area (TPSA) is 67.7 Å². The van der Waals surface area contributed by atoms with Crippen LogP contribution in [0.3, 0.4) is 0 Å². The largest absolute Gasteiger partial charge is 0.489 e. The smallest absolute Gasteiger partial charge is 0.275 e. The number of carbonyl (C=O) groups excluding carboxylic acids is 2. The van der Waals surface area contributed by atoms with Crippen molar-refractivity contribution in [2.75, 3.05) is 25.1 Å². The van der Waals surface area contributed by atoms with Gasteiger partial charge in [0, 0.05) is 30.9 Å². The number of fused-ring (bicyclic) bond motifs is 2. The number of nitrogens with zero attached hydrogens (tertiary/aromatic N) is 4. The van der Waals surface area contributed by atoms with Crippen molar-refractivity contribution < 1.29 is 14.3 Å². The van der Waals surface area contributed by atoms with Gasteiger partial charge in [0.1, 0.15) is 18.4 Å². The van der Waals surface area contributed by atoms with E-state index in [0.29, 0.717) is 42.2 Å². The summed E-state index contributed by atoms with van der Waals surface area (Å²) in [6.07, 6.45) is 8.07. The zero-order valence-corrected chi connectivity index (χ0v) is 18.6. The Balaban J connectivity index is 1.39. The van der Waals surface area contributed by atoms with Crippen molar-refractivity contribution in [1.29, 1.82) is 0 Å². The molecule has 0 N–H and O–H groups in total. The molecule has 1 aromatic heterocycles. The van der Waals surface area contributed by atoms with Crippen LogP contribution >= 0.6 is 0 Å². The first-order chi connectivity index (χ1) is 16.0. The molecule has 2 amide bonds. The van der Waals surface area contributed by atoms with Gasteiger partial charge >= 0.3 is 0 Å². The predicted octanol–water partition coefficient (Wildman–Crippen LogP) is 2.64. The van der Waals surface area contributed by atoms with Crippen molar-refractivity contribution in [3.63, 3.8) is 0 Å². The Bertz CT molecular complexity index is 1300. The molecule has 0 unspecified atom stereocenters. The van der Waals surface area contributed by atoms with Crippen LogP contribution in [0.1, 0.15) is 32.7 Å². The van der Waals surface area contributed by atoms with Gasteiger partial charge in [-0.2, -0.15) is 5.10 Å². The third-order valence-electron chi connectivity index (χ3n) is 6.39. The summed E-state index contributed by atoms with van der Waals surface area (Å²) in [6, 6.07) is 12.7. The number of likely N-dealkylation sites (N-methyl/N-ethyl adjacent to an activating group) is 1.